The van der Waals surface area contributed by atoms with Crippen LogP contribution in [-0.4, -0.2) is 24.1 Å². The first-order chi connectivity index (χ1) is 8.72. The van der Waals surface area contributed by atoms with Gasteiger partial charge in [0.05, 0.1) is 0 Å². The molecule has 0 unspecified atom stereocenters. The van der Waals surface area contributed by atoms with E-state index >= 15 is 0 Å². The summed E-state index contributed by atoms with van der Waals surface area (Å²) >= 11 is 5.98. The van der Waals surface area contributed by atoms with Gasteiger partial charge in [-0.2, -0.15) is 0 Å². The topological polar surface area (TPSA) is 61.9 Å². The summed E-state index contributed by atoms with van der Waals surface area (Å²) in [6.45, 7) is 2.01. The van der Waals surface area contributed by atoms with Crippen LogP contribution in [0.15, 0.2) is 23.4 Å². The highest BCUT2D eigenvalue weighted by molar-refractivity contribution is 6.31. The van der Waals surface area contributed by atoms with Crippen LogP contribution in [0, 0.1) is 0 Å². The van der Waals surface area contributed by atoms with Gasteiger partial charge < -0.3 is 15.8 Å². The number of nitrogens with zero attached hydrogens (tertiary/aromatic N) is 2. The van der Waals surface area contributed by atoms with Crippen LogP contribution >= 0.6 is 11.6 Å². The Kier molecular flexibility index (Phi) is 4.31. The average molecular weight is 268 g/mol. The summed E-state index contributed by atoms with van der Waals surface area (Å²) in [4.78, 5) is 2.29. The Hall–Kier alpha value is -1.42. The van der Waals surface area contributed by atoms with Gasteiger partial charge in [0.15, 0.2) is 5.84 Å². The molecule has 0 bridgehead atoms. The van der Waals surface area contributed by atoms with Crippen molar-refractivity contribution in [1.29, 1.82) is 0 Å². The van der Waals surface area contributed by atoms with Crippen molar-refractivity contribution >= 4 is 23.1 Å². The quantitative estimate of drug-likeness (QED) is 0.375. The van der Waals surface area contributed by atoms with Crippen molar-refractivity contribution in [3.05, 3.63) is 28.8 Å². The first kappa shape index (κ1) is 13.0. The molecule has 1 aromatic carbocycles. The smallest absolute Gasteiger partial charge is 0.172 e. The van der Waals surface area contributed by atoms with Crippen LogP contribution in [0.1, 0.15) is 31.2 Å². The lowest BCUT2D eigenvalue weighted by Gasteiger charge is -2.25. The number of hydrogen-bond donors (Lipinski definition) is 2. The van der Waals surface area contributed by atoms with Gasteiger partial charge in [-0.15, -0.1) is 0 Å². The Morgan fingerprint density at radius 3 is 2.50 bits per heavy atom. The summed E-state index contributed by atoms with van der Waals surface area (Å²) in [5.74, 6) is 0.108. The summed E-state index contributed by atoms with van der Waals surface area (Å²) in [5, 5.41) is 12.5. The van der Waals surface area contributed by atoms with Crippen molar-refractivity contribution in [2.75, 3.05) is 18.0 Å². The predicted octanol–water partition coefficient (Wildman–Crippen LogP) is 2.81. The fourth-order valence-electron chi connectivity index (χ4n) is 2.35. The fraction of sp³-hybridized carbons (Fsp3) is 0.462. The molecule has 1 aliphatic rings. The summed E-state index contributed by atoms with van der Waals surface area (Å²) in [6.07, 6.45) is 4.89. The van der Waals surface area contributed by atoms with Gasteiger partial charge in [-0.1, -0.05) is 29.6 Å². The summed E-state index contributed by atoms with van der Waals surface area (Å²) in [6, 6.07) is 5.54. The largest absolute Gasteiger partial charge is 0.409 e. The maximum atomic E-state index is 8.86. The van der Waals surface area contributed by atoms with Crippen molar-refractivity contribution in [3.8, 4) is 0 Å². The summed E-state index contributed by atoms with van der Waals surface area (Å²) < 4.78 is 0. The van der Waals surface area contributed by atoms with Crippen LogP contribution in [0.25, 0.3) is 0 Å². The van der Waals surface area contributed by atoms with Gasteiger partial charge in [0, 0.05) is 29.4 Å². The molecule has 0 aromatic heterocycles. The zero-order chi connectivity index (χ0) is 13.0. The van der Waals surface area contributed by atoms with E-state index < -0.39 is 0 Å². The van der Waals surface area contributed by atoms with Crippen LogP contribution in [0.2, 0.25) is 5.02 Å². The third-order valence-corrected chi connectivity index (χ3v) is 3.52. The zero-order valence-electron chi connectivity index (χ0n) is 10.3. The van der Waals surface area contributed by atoms with Crippen LogP contribution in [-0.2, 0) is 0 Å². The SMILES string of the molecule is N/C(=N/O)c1cc(Cl)ccc1N1CCCCCC1. The van der Waals surface area contributed by atoms with E-state index in [-0.39, 0.29) is 5.84 Å². The molecule has 98 valence electrons. The molecule has 1 aromatic rings. The van der Waals surface area contributed by atoms with E-state index in [1.807, 2.05) is 12.1 Å². The highest BCUT2D eigenvalue weighted by Gasteiger charge is 2.16. The second-order valence-electron chi connectivity index (χ2n) is 4.55. The van der Waals surface area contributed by atoms with Crippen LogP contribution in [0.5, 0.6) is 0 Å². The third kappa shape index (κ3) is 2.88. The summed E-state index contributed by atoms with van der Waals surface area (Å²) in [5.41, 5.74) is 7.42. The minimum atomic E-state index is 0.108. The van der Waals surface area contributed by atoms with Crippen molar-refractivity contribution in [1.82, 2.24) is 0 Å². The van der Waals surface area contributed by atoms with Gasteiger partial charge in [0.2, 0.25) is 0 Å². The molecule has 0 aliphatic carbocycles. The van der Waals surface area contributed by atoms with E-state index in [9.17, 15) is 0 Å². The van der Waals surface area contributed by atoms with Gasteiger partial charge in [-0.05, 0) is 31.0 Å². The van der Waals surface area contributed by atoms with E-state index in [4.69, 9.17) is 22.5 Å². The molecule has 0 spiro atoms. The molecular weight excluding hydrogens is 250 g/mol. The molecule has 2 rings (SSSR count). The first-order valence-electron chi connectivity index (χ1n) is 6.25. The van der Waals surface area contributed by atoms with Gasteiger partial charge in [0.25, 0.3) is 0 Å². The lowest BCUT2D eigenvalue weighted by molar-refractivity contribution is 0.318. The number of nitrogens with two attached hydrogens (primary N) is 1. The second kappa shape index (κ2) is 5.96. The number of oxime groups is 1. The van der Waals surface area contributed by atoms with Crippen molar-refractivity contribution in [2.24, 2.45) is 10.9 Å². The van der Waals surface area contributed by atoms with Gasteiger partial charge in [-0.3, -0.25) is 0 Å². The van der Waals surface area contributed by atoms with E-state index in [2.05, 4.69) is 10.1 Å². The van der Waals surface area contributed by atoms with Crippen molar-refractivity contribution in [3.63, 3.8) is 0 Å². The number of rotatable bonds is 2. The molecule has 0 saturated carbocycles. The maximum Gasteiger partial charge on any atom is 0.172 e. The fourth-order valence-corrected chi connectivity index (χ4v) is 2.53. The highest BCUT2D eigenvalue weighted by Crippen LogP contribution is 2.26. The van der Waals surface area contributed by atoms with Crippen LogP contribution in [0.3, 0.4) is 0 Å². The Morgan fingerprint density at radius 1 is 1.22 bits per heavy atom. The Balaban J connectivity index is 2.36. The van der Waals surface area contributed by atoms with Gasteiger partial charge >= 0.3 is 0 Å². The minimum Gasteiger partial charge on any atom is -0.409 e. The maximum absolute atomic E-state index is 8.86. The molecule has 1 fully saturated rings. The molecule has 0 atom stereocenters. The molecule has 1 heterocycles. The monoisotopic (exact) mass is 267 g/mol. The minimum absolute atomic E-state index is 0.108. The molecule has 0 radical (unpaired) electrons. The molecule has 4 nitrogen and oxygen atoms in total. The second-order valence-corrected chi connectivity index (χ2v) is 4.98. The predicted molar refractivity (Wildman–Crippen MR) is 74.6 cm³/mol. The lowest BCUT2D eigenvalue weighted by Crippen LogP contribution is -2.27. The van der Waals surface area contributed by atoms with E-state index in [1.165, 1.54) is 25.7 Å². The first-order valence-corrected chi connectivity index (χ1v) is 6.62. The lowest BCUT2D eigenvalue weighted by atomic mass is 10.1. The average Bonchev–Trinajstić information content (AvgIpc) is 2.66. The van der Waals surface area contributed by atoms with E-state index in [0.29, 0.717) is 10.6 Å². The standard InChI is InChI=1S/C13H18ClN3O/c14-10-5-6-12(11(9-10)13(15)16-18)17-7-3-1-2-4-8-17/h5-6,9,18H,1-4,7-8H2,(H2,15,16). The van der Waals surface area contributed by atoms with E-state index in [0.717, 1.165) is 18.8 Å². The molecular formula is C13H18ClN3O. The molecule has 3 N–H and O–H groups in total. The van der Waals surface area contributed by atoms with Gasteiger partial charge in [-0.25, -0.2) is 0 Å². The third-order valence-electron chi connectivity index (χ3n) is 3.29. The Bertz CT molecular complexity index is 440. The Morgan fingerprint density at radius 2 is 1.89 bits per heavy atom. The van der Waals surface area contributed by atoms with Crippen molar-refractivity contribution < 1.29 is 5.21 Å². The number of halogens is 1. The molecule has 0 amide bonds. The van der Waals surface area contributed by atoms with Crippen molar-refractivity contribution in [2.45, 2.75) is 25.7 Å². The summed E-state index contributed by atoms with van der Waals surface area (Å²) in [7, 11) is 0. The van der Waals surface area contributed by atoms with Crippen LogP contribution < -0.4 is 10.6 Å². The highest BCUT2D eigenvalue weighted by atomic mass is 35.5. The molecule has 1 saturated heterocycles. The number of benzene rings is 1. The molecule has 1 aliphatic heterocycles. The van der Waals surface area contributed by atoms with Crippen LogP contribution in [0.4, 0.5) is 5.69 Å². The molecule has 18 heavy (non-hydrogen) atoms. The zero-order valence-corrected chi connectivity index (χ0v) is 11.0. The molecule has 5 heteroatoms. The number of amidine groups is 1. The number of hydrogen-bond acceptors (Lipinski definition) is 3. The Labute approximate surface area is 112 Å². The van der Waals surface area contributed by atoms with Gasteiger partial charge in [0.1, 0.15) is 0 Å². The van der Waals surface area contributed by atoms with E-state index in [1.54, 1.807) is 6.07 Å². The number of anilines is 1. The normalized spacial score (nSPS) is 17.6.